The highest BCUT2D eigenvalue weighted by molar-refractivity contribution is 7.99. The predicted molar refractivity (Wildman–Crippen MR) is 97.2 cm³/mol. The van der Waals surface area contributed by atoms with Gasteiger partial charge in [-0.25, -0.2) is 0 Å². The maximum atomic E-state index is 13.4. The fraction of sp³-hybridized carbons (Fsp3) is 0.444. The minimum Gasteiger partial charge on any atom is -0.325 e. The first-order valence-electron chi connectivity index (χ1n) is 8.34. The van der Waals surface area contributed by atoms with Gasteiger partial charge in [0.05, 0.1) is 17.4 Å². The number of aryl methyl sites for hydroxylation is 2. The fourth-order valence-corrected chi connectivity index (χ4v) is 3.29. The van der Waals surface area contributed by atoms with Crippen molar-refractivity contribution >= 4 is 23.4 Å². The van der Waals surface area contributed by atoms with Gasteiger partial charge in [-0.05, 0) is 36.6 Å². The van der Waals surface area contributed by atoms with Crippen LogP contribution in [0.4, 0.5) is 18.9 Å². The fourth-order valence-electron chi connectivity index (χ4n) is 2.33. The Hall–Kier alpha value is -1.96. The summed E-state index contributed by atoms with van der Waals surface area (Å²) in [6.45, 7) is 3.95. The smallest absolute Gasteiger partial charge is 0.325 e. The van der Waals surface area contributed by atoms with Crippen LogP contribution in [0.5, 0.6) is 0 Å². The number of rotatable bonds is 7. The summed E-state index contributed by atoms with van der Waals surface area (Å²) in [5, 5.41) is 6.61. The molecule has 0 saturated carbocycles. The number of halogens is 3. The predicted octanol–water partition coefficient (Wildman–Crippen LogP) is 4.90. The monoisotopic (exact) mass is 385 g/mol. The van der Waals surface area contributed by atoms with E-state index in [2.05, 4.69) is 10.4 Å². The van der Waals surface area contributed by atoms with Crippen LogP contribution in [-0.2, 0) is 24.4 Å². The highest BCUT2D eigenvalue weighted by Gasteiger charge is 2.34. The summed E-state index contributed by atoms with van der Waals surface area (Å²) in [5.74, 6) is -0.457. The van der Waals surface area contributed by atoms with Crippen molar-refractivity contribution in [2.24, 2.45) is 7.05 Å². The largest absolute Gasteiger partial charge is 0.418 e. The van der Waals surface area contributed by atoms with E-state index in [1.165, 1.54) is 17.8 Å². The molecule has 4 nitrogen and oxygen atoms in total. The molecule has 2 aromatic rings. The van der Waals surface area contributed by atoms with Crippen LogP contribution in [0, 0.1) is 0 Å². The number of hydrogen-bond acceptors (Lipinski definition) is 3. The standard InChI is InChI=1S/C18H22F3N3OS/c1-4-12(2)26-14-6-7-16(15(9-14)18(19,20)21)23-17(25)8-5-13-10-22-24(3)11-13/h6-7,9-12H,4-5,8H2,1-3H3,(H,23,25). The van der Waals surface area contributed by atoms with Crippen molar-refractivity contribution in [2.75, 3.05) is 5.32 Å². The number of nitrogens with zero attached hydrogens (tertiary/aromatic N) is 2. The quantitative estimate of drug-likeness (QED) is 0.690. The van der Waals surface area contributed by atoms with Crippen LogP contribution in [0.1, 0.15) is 37.8 Å². The molecule has 1 aromatic heterocycles. The van der Waals surface area contributed by atoms with Crippen molar-refractivity contribution in [1.82, 2.24) is 9.78 Å². The molecule has 8 heteroatoms. The van der Waals surface area contributed by atoms with Crippen molar-refractivity contribution in [2.45, 2.75) is 49.4 Å². The Morgan fingerprint density at radius 3 is 2.69 bits per heavy atom. The van der Waals surface area contributed by atoms with E-state index in [0.29, 0.717) is 11.3 Å². The Morgan fingerprint density at radius 1 is 1.38 bits per heavy atom. The second-order valence-corrected chi connectivity index (χ2v) is 7.62. The average molecular weight is 385 g/mol. The van der Waals surface area contributed by atoms with Gasteiger partial charge in [-0.2, -0.15) is 18.3 Å². The second-order valence-electron chi connectivity index (χ2n) is 6.11. The van der Waals surface area contributed by atoms with Gasteiger partial charge in [0, 0.05) is 29.8 Å². The van der Waals surface area contributed by atoms with Crippen molar-refractivity contribution in [3.05, 3.63) is 41.7 Å². The number of alkyl halides is 3. The molecule has 1 atom stereocenters. The molecule has 0 aliphatic heterocycles. The van der Waals surface area contributed by atoms with Crippen molar-refractivity contribution < 1.29 is 18.0 Å². The molecule has 1 heterocycles. The zero-order chi connectivity index (χ0) is 19.3. The summed E-state index contributed by atoms with van der Waals surface area (Å²) in [7, 11) is 1.76. The lowest BCUT2D eigenvalue weighted by atomic mass is 10.1. The third-order valence-electron chi connectivity index (χ3n) is 3.88. The first-order chi connectivity index (χ1) is 12.2. The van der Waals surface area contributed by atoms with Gasteiger partial charge in [-0.15, -0.1) is 11.8 Å². The SMILES string of the molecule is CCC(C)Sc1ccc(NC(=O)CCc2cnn(C)c2)c(C(F)(F)F)c1. The summed E-state index contributed by atoms with van der Waals surface area (Å²) < 4.78 is 41.8. The first kappa shape index (κ1) is 20.4. The molecule has 0 radical (unpaired) electrons. The molecule has 142 valence electrons. The third kappa shape index (κ3) is 5.79. The van der Waals surface area contributed by atoms with Gasteiger partial charge in [0.1, 0.15) is 0 Å². The Morgan fingerprint density at radius 2 is 2.12 bits per heavy atom. The van der Waals surface area contributed by atoms with Gasteiger partial charge in [0.25, 0.3) is 0 Å². The highest BCUT2D eigenvalue weighted by Crippen LogP contribution is 2.38. The minimum atomic E-state index is -4.53. The van der Waals surface area contributed by atoms with E-state index in [9.17, 15) is 18.0 Å². The van der Waals surface area contributed by atoms with Crippen LogP contribution in [-0.4, -0.2) is 20.9 Å². The lowest BCUT2D eigenvalue weighted by Gasteiger charge is -2.16. The highest BCUT2D eigenvalue weighted by atomic mass is 32.2. The van der Waals surface area contributed by atoms with Gasteiger partial charge < -0.3 is 5.32 Å². The molecule has 1 unspecified atom stereocenters. The number of nitrogens with one attached hydrogen (secondary N) is 1. The van der Waals surface area contributed by atoms with Gasteiger partial charge in [-0.3, -0.25) is 9.48 Å². The zero-order valence-electron chi connectivity index (χ0n) is 14.9. The maximum absolute atomic E-state index is 13.4. The number of thioether (sulfide) groups is 1. The molecule has 1 aromatic carbocycles. The molecule has 0 aliphatic rings. The maximum Gasteiger partial charge on any atom is 0.418 e. The van der Waals surface area contributed by atoms with Crippen molar-refractivity contribution in [3.8, 4) is 0 Å². The number of carbonyl (C=O) groups excluding carboxylic acids is 1. The van der Waals surface area contributed by atoms with Crippen LogP contribution in [0.25, 0.3) is 0 Å². The van der Waals surface area contributed by atoms with E-state index in [-0.39, 0.29) is 17.4 Å². The summed E-state index contributed by atoms with van der Waals surface area (Å²) in [5.41, 5.74) is -0.165. The van der Waals surface area contributed by atoms with Crippen LogP contribution in [0.15, 0.2) is 35.5 Å². The topological polar surface area (TPSA) is 46.9 Å². The van der Waals surface area contributed by atoms with Crippen molar-refractivity contribution in [1.29, 1.82) is 0 Å². The third-order valence-corrected chi connectivity index (χ3v) is 5.14. The van der Waals surface area contributed by atoms with Crippen LogP contribution >= 0.6 is 11.8 Å². The average Bonchev–Trinajstić information content (AvgIpc) is 2.98. The molecule has 0 saturated heterocycles. The lowest BCUT2D eigenvalue weighted by Crippen LogP contribution is -2.17. The molecule has 2 rings (SSSR count). The van der Waals surface area contributed by atoms with E-state index in [0.717, 1.165) is 18.1 Å². The van der Waals surface area contributed by atoms with E-state index < -0.39 is 17.6 Å². The zero-order valence-corrected chi connectivity index (χ0v) is 15.7. The Kier molecular flexibility index (Phi) is 6.75. The van der Waals surface area contributed by atoms with E-state index in [4.69, 9.17) is 0 Å². The first-order valence-corrected chi connectivity index (χ1v) is 9.22. The molecule has 0 bridgehead atoms. The molecule has 0 fully saturated rings. The second kappa shape index (κ2) is 8.62. The summed E-state index contributed by atoms with van der Waals surface area (Å²) in [4.78, 5) is 12.6. The number of aromatic nitrogens is 2. The van der Waals surface area contributed by atoms with E-state index in [1.807, 2.05) is 13.8 Å². The van der Waals surface area contributed by atoms with E-state index in [1.54, 1.807) is 30.2 Å². The molecule has 26 heavy (non-hydrogen) atoms. The molecular weight excluding hydrogens is 363 g/mol. The number of hydrogen-bond donors (Lipinski definition) is 1. The Labute approximate surface area is 155 Å². The van der Waals surface area contributed by atoms with E-state index >= 15 is 0 Å². The van der Waals surface area contributed by atoms with Crippen LogP contribution in [0.3, 0.4) is 0 Å². The number of amides is 1. The van der Waals surface area contributed by atoms with Crippen molar-refractivity contribution in [3.63, 3.8) is 0 Å². The van der Waals surface area contributed by atoms with Gasteiger partial charge in [-0.1, -0.05) is 13.8 Å². The lowest BCUT2D eigenvalue weighted by molar-refractivity contribution is -0.137. The minimum absolute atomic E-state index is 0.0896. The number of anilines is 1. The summed E-state index contributed by atoms with van der Waals surface area (Å²) >= 11 is 1.39. The van der Waals surface area contributed by atoms with Gasteiger partial charge >= 0.3 is 6.18 Å². The van der Waals surface area contributed by atoms with Gasteiger partial charge in [0.2, 0.25) is 5.91 Å². The molecular formula is C18H22F3N3OS. The molecule has 1 N–H and O–H groups in total. The summed E-state index contributed by atoms with van der Waals surface area (Å²) in [6.07, 6.45) is 0.247. The molecule has 0 aliphatic carbocycles. The summed E-state index contributed by atoms with van der Waals surface area (Å²) in [6, 6.07) is 4.05. The van der Waals surface area contributed by atoms with Crippen LogP contribution in [0.2, 0.25) is 0 Å². The molecule has 1 amide bonds. The molecule has 0 spiro atoms. The van der Waals surface area contributed by atoms with Gasteiger partial charge in [0.15, 0.2) is 0 Å². The number of carbonyl (C=O) groups is 1. The number of benzene rings is 1. The Balaban J connectivity index is 2.10. The normalized spacial score (nSPS) is 12.8. The van der Waals surface area contributed by atoms with Crippen LogP contribution < -0.4 is 5.32 Å². The Bertz CT molecular complexity index is 758.